The molecule has 0 saturated carbocycles. The highest BCUT2D eigenvalue weighted by Gasteiger charge is 2.26. The van der Waals surface area contributed by atoms with E-state index in [4.69, 9.17) is 23.2 Å². The lowest BCUT2D eigenvalue weighted by atomic mass is 10.1. The smallest absolute Gasteiger partial charge is 0.270 e. The third kappa shape index (κ3) is 3.42. The van der Waals surface area contributed by atoms with E-state index in [2.05, 4.69) is 0 Å². The van der Waals surface area contributed by atoms with E-state index >= 15 is 0 Å². The van der Waals surface area contributed by atoms with E-state index in [1.807, 2.05) is 19.3 Å². The van der Waals surface area contributed by atoms with E-state index in [0.29, 0.717) is 47.5 Å². The molecule has 1 fully saturated rings. The van der Waals surface area contributed by atoms with E-state index in [-0.39, 0.29) is 11.8 Å². The molecule has 126 valence electrons. The molecule has 1 aromatic heterocycles. The average molecular weight is 366 g/mol. The van der Waals surface area contributed by atoms with E-state index < -0.39 is 0 Å². The maximum absolute atomic E-state index is 12.6. The van der Waals surface area contributed by atoms with Crippen molar-refractivity contribution in [2.24, 2.45) is 7.05 Å². The number of amides is 2. The summed E-state index contributed by atoms with van der Waals surface area (Å²) in [5, 5.41) is 0.867. The average Bonchev–Trinajstić information content (AvgIpc) is 2.99. The Morgan fingerprint density at radius 3 is 1.96 bits per heavy atom. The van der Waals surface area contributed by atoms with Gasteiger partial charge in [0.25, 0.3) is 11.8 Å². The molecule has 2 amide bonds. The molecule has 2 heterocycles. The lowest BCUT2D eigenvalue weighted by molar-refractivity contribution is 0.0530. The first-order valence-corrected chi connectivity index (χ1v) is 8.37. The van der Waals surface area contributed by atoms with Crippen molar-refractivity contribution in [3.05, 3.63) is 57.8 Å². The van der Waals surface area contributed by atoms with Gasteiger partial charge in [0.15, 0.2) is 0 Å². The summed E-state index contributed by atoms with van der Waals surface area (Å²) in [6, 6.07) is 8.45. The first kappa shape index (κ1) is 16.9. The molecule has 0 atom stereocenters. The molecule has 24 heavy (non-hydrogen) atoms. The molecule has 1 aliphatic heterocycles. The zero-order valence-electron chi connectivity index (χ0n) is 13.2. The summed E-state index contributed by atoms with van der Waals surface area (Å²) < 4.78 is 1.80. The van der Waals surface area contributed by atoms with E-state index in [1.54, 1.807) is 38.6 Å². The van der Waals surface area contributed by atoms with Gasteiger partial charge in [-0.2, -0.15) is 0 Å². The van der Waals surface area contributed by atoms with Crippen molar-refractivity contribution in [1.82, 2.24) is 14.4 Å². The number of hydrogen-bond donors (Lipinski definition) is 0. The molecule has 0 unspecified atom stereocenters. The minimum atomic E-state index is -0.120. The van der Waals surface area contributed by atoms with Gasteiger partial charge in [0.05, 0.1) is 0 Å². The number of carbonyl (C=O) groups excluding carboxylic acids is 2. The van der Waals surface area contributed by atoms with Gasteiger partial charge in [-0.1, -0.05) is 23.2 Å². The van der Waals surface area contributed by atoms with Crippen LogP contribution in [-0.4, -0.2) is 52.4 Å². The highest BCUT2D eigenvalue weighted by molar-refractivity contribution is 6.35. The molecule has 0 bridgehead atoms. The first-order valence-electron chi connectivity index (χ1n) is 7.61. The van der Waals surface area contributed by atoms with Crippen molar-refractivity contribution < 1.29 is 9.59 Å². The SMILES string of the molecule is Cn1cccc1C(=O)N1CCN(C(=O)c2cc(Cl)cc(Cl)c2)CC1. The number of benzene rings is 1. The van der Waals surface area contributed by atoms with Gasteiger partial charge in [0.2, 0.25) is 0 Å². The monoisotopic (exact) mass is 365 g/mol. The van der Waals surface area contributed by atoms with E-state index in [1.165, 1.54) is 0 Å². The minimum absolute atomic E-state index is 0.0135. The fourth-order valence-electron chi connectivity index (χ4n) is 2.82. The second kappa shape index (κ2) is 6.87. The number of rotatable bonds is 2. The predicted octanol–water partition coefficient (Wildman–Crippen LogP) is 2.93. The highest BCUT2D eigenvalue weighted by atomic mass is 35.5. The number of aryl methyl sites for hydroxylation is 1. The maximum atomic E-state index is 12.6. The predicted molar refractivity (Wildman–Crippen MR) is 93.7 cm³/mol. The number of carbonyl (C=O) groups is 2. The number of nitrogens with zero attached hydrogens (tertiary/aromatic N) is 3. The second-order valence-corrected chi connectivity index (χ2v) is 6.62. The molecular weight excluding hydrogens is 349 g/mol. The standard InChI is InChI=1S/C17H17Cl2N3O2/c1-20-4-2-3-15(20)17(24)22-7-5-21(6-8-22)16(23)12-9-13(18)11-14(19)10-12/h2-4,9-11H,5-8H2,1H3. The Morgan fingerprint density at radius 1 is 0.917 bits per heavy atom. The summed E-state index contributed by atoms with van der Waals surface area (Å²) in [6.07, 6.45) is 1.84. The molecule has 1 aromatic carbocycles. The molecule has 0 spiro atoms. The summed E-state index contributed by atoms with van der Waals surface area (Å²) in [4.78, 5) is 28.5. The number of piperazine rings is 1. The van der Waals surface area contributed by atoms with Crippen LogP contribution in [0.15, 0.2) is 36.5 Å². The Balaban J connectivity index is 1.65. The topological polar surface area (TPSA) is 45.6 Å². The van der Waals surface area contributed by atoms with Crippen molar-refractivity contribution in [3.63, 3.8) is 0 Å². The Morgan fingerprint density at radius 2 is 1.46 bits per heavy atom. The molecule has 5 nitrogen and oxygen atoms in total. The van der Waals surface area contributed by atoms with E-state index in [9.17, 15) is 9.59 Å². The van der Waals surface area contributed by atoms with Gasteiger partial charge >= 0.3 is 0 Å². The summed E-state index contributed by atoms with van der Waals surface area (Å²) in [5.41, 5.74) is 1.12. The van der Waals surface area contributed by atoms with Crippen LogP contribution in [0.3, 0.4) is 0 Å². The maximum Gasteiger partial charge on any atom is 0.270 e. The highest BCUT2D eigenvalue weighted by Crippen LogP contribution is 2.21. The fraction of sp³-hybridized carbons (Fsp3) is 0.294. The molecule has 1 saturated heterocycles. The molecule has 2 aromatic rings. The largest absolute Gasteiger partial charge is 0.347 e. The molecule has 0 radical (unpaired) electrons. The normalized spacial score (nSPS) is 14.8. The molecule has 0 N–H and O–H groups in total. The Hall–Kier alpha value is -1.98. The summed E-state index contributed by atoms with van der Waals surface area (Å²) >= 11 is 11.9. The van der Waals surface area contributed by atoms with Gasteiger partial charge in [-0.15, -0.1) is 0 Å². The van der Waals surface area contributed by atoms with Crippen LogP contribution in [0, 0.1) is 0 Å². The quantitative estimate of drug-likeness (QED) is 0.821. The molecular formula is C17H17Cl2N3O2. The summed E-state index contributed by atoms with van der Waals surface area (Å²) in [5.74, 6) is -0.134. The fourth-order valence-corrected chi connectivity index (χ4v) is 3.34. The van der Waals surface area contributed by atoms with Gasteiger partial charge in [-0.3, -0.25) is 9.59 Å². The van der Waals surface area contributed by atoms with Crippen molar-refractivity contribution in [3.8, 4) is 0 Å². The van der Waals surface area contributed by atoms with Crippen molar-refractivity contribution >= 4 is 35.0 Å². The van der Waals surface area contributed by atoms with Crippen LogP contribution in [-0.2, 0) is 7.05 Å². The summed E-state index contributed by atoms with van der Waals surface area (Å²) in [7, 11) is 1.84. The van der Waals surface area contributed by atoms with Gasteiger partial charge in [-0.25, -0.2) is 0 Å². The van der Waals surface area contributed by atoms with E-state index in [0.717, 1.165) is 0 Å². The third-order valence-corrected chi connectivity index (χ3v) is 4.56. The van der Waals surface area contributed by atoms with Crippen molar-refractivity contribution in [2.75, 3.05) is 26.2 Å². The van der Waals surface area contributed by atoms with Crippen LogP contribution in [0.25, 0.3) is 0 Å². The molecule has 1 aliphatic rings. The number of halogens is 2. The van der Waals surface area contributed by atoms with Crippen LogP contribution in [0.2, 0.25) is 10.0 Å². The first-order chi connectivity index (χ1) is 11.5. The number of hydrogen-bond acceptors (Lipinski definition) is 2. The number of aromatic nitrogens is 1. The minimum Gasteiger partial charge on any atom is -0.347 e. The Labute approximate surface area is 150 Å². The third-order valence-electron chi connectivity index (χ3n) is 4.13. The van der Waals surface area contributed by atoms with Crippen molar-refractivity contribution in [1.29, 1.82) is 0 Å². The molecule has 7 heteroatoms. The van der Waals surface area contributed by atoms with Crippen LogP contribution >= 0.6 is 23.2 Å². The lowest BCUT2D eigenvalue weighted by Gasteiger charge is -2.34. The zero-order chi connectivity index (χ0) is 17.3. The van der Waals surface area contributed by atoms with Gasteiger partial charge in [-0.05, 0) is 30.3 Å². The van der Waals surface area contributed by atoms with Crippen LogP contribution < -0.4 is 0 Å². The van der Waals surface area contributed by atoms with Crippen LogP contribution in [0.1, 0.15) is 20.8 Å². The second-order valence-electron chi connectivity index (χ2n) is 5.75. The Bertz CT molecular complexity index is 760. The zero-order valence-corrected chi connectivity index (χ0v) is 14.7. The van der Waals surface area contributed by atoms with Gasteiger partial charge in [0.1, 0.15) is 5.69 Å². The van der Waals surface area contributed by atoms with Gasteiger partial charge < -0.3 is 14.4 Å². The van der Waals surface area contributed by atoms with Gasteiger partial charge in [0, 0.05) is 55.0 Å². The van der Waals surface area contributed by atoms with Crippen molar-refractivity contribution in [2.45, 2.75) is 0 Å². The summed E-state index contributed by atoms with van der Waals surface area (Å²) in [6.45, 7) is 1.98. The molecule has 0 aliphatic carbocycles. The van der Waals surface area contributed by atoms with Crippen LogP contribution in [0.4, 0.5) is 0 Å². The lowest BCUT2D eigenvalue weighted by Crippen LogP contribution is -2.50. The van der Waals surface area contributed by atoms with Crippen LogP contribution in [0.5, 0.6) is 0 Å². The molecule has 3 rings (SSSR count). The Kier molecular flexibility index (Phi) is 4.83.